The zero-order chi connectivity index (χ0) is 22.3. The van der Waals surface area contributed by atoms with Crippen LogP contribution in [0.1, 0.15) is 57.0 Å². The molecule has 4 rings (SSSR count). The Morgan fingerprint density at radius 1 is 1.03 bits per heavy atom. The molecule has 0 amide bonds. The molecule has 1 fully saturated rings. The van der Waals surface area contributed by atoms with E-state index in [1.807, 2.05) is 24.3 Å². The van der Waals surface area contributed by atoms with Crippen LogP contribution in [0.5, 0.6) is 5.75 Å². The predicted octanol–water partition coefficient (Wildman–Crippen LogP) is 6.22. The van der Waals surface area contributed by atoms with E-state index in [0.717, 1.165) is 53.9 Å². The number of aromatic nitrogens is 1. The van der Waals surface area contributed by atoms with Crippen LogP contribution in [-0.4, -0.2) is 25.2 Å². The summed E-state index contributed by atoms with van der Waals surface area (Å²) in [5.41, 5.74) is 3.19. The molecule has 2 heterocycles. The summed E-state index contributed by atoms with van der Waals surface area (Å²) in [6.45, 7) is 7.22. The molecule has 32 heavy (non-hydrogen) atoms. The fourth-order valence-electron chi connectivity index (χ4n) is 4.39. The lowest BCUT2D eigenvalue weighted by Crippen LogP contribution is -2.29. The van der Waals surface area contributed by atoms with Crippen LogP contribution in [0.25, 0.3) is 11.3 Å². The molecule has 2 aromatic carbocycles. The van der Waals surface area contributed by atoms with E-state index in [1.165, 1.54) is 19.3 Å². The Balaban J connectivity index is 1.67. The number of hydrogen-bond donors (Lipinski definition) is 1. The van der Waals surface area contributed by atoms with Crippen molar-refractivity contribution < 1.29 is 9.15 Å². The Morgan fingerprint density at radius 3 is 2.47 bits per heavy atom. The molecule has 0 radical (unpaired) electrons. The number of nitrogens with zero attached hydrogens (tertiary/aromatic N) is 2. The smallest absolute Gasteiger partial charge is 0.224 e. The number of anilines is 1. The molecule has 1 saturated heterocycles. The van der Waals surface area contributed by atoms with Gasteiger partial charge in [0, 0.05) is 30.8 Å². The highest BCUT2D eigenvalue weighted by Crippen LogP contribution is 2.37. The molecule has 1 aliphatic heterocycles. The number of methoxy groups -OCH3 is 1. The van der Waals surface area contributed by atoms with Crippen molar-refractivity contribution in [2.45, 2.75) is 52.1 Å². The monoisotopic (exact) mass is 433 g/mol. The molecule has 2 unspecified atom stereocenters. The highest BCUT2D eigenvalue weighted by atomic mass is 16.5. The third-order valence-electron chi connectivity index (χ3n) is 6.50. The normalized spacial score (nSPS) is 16.0. The quantitative estimate of drug-likeness (QED) is 0.434. The first-order valence-corrected chi connectivity index (χ1v) is 11.9. The Kier molecular flexibility index (Phi) is 7.48. The Hall–Kier alpha value is -2.79. The molecular weight excluding hydrogens is 398 g/mol. The van der Waals surface area contributed by atoms with Crippen LogP contribution in [0.3, 0.4) is 0 Å². The summed E-state index contributed by atoms with van der Waals surface area (Å²) in [6.07, 6.45) is 4.72. The lowest BCUT2D eigenvalue weighted by molar-refractivity contribution is 0.304. The largest absolute Gasteiger partial charge is 0.496 e. The van der Waals surface area contributed by atoms with Crippen molar-refractivity contribution in [2.75, 3.05) is 25.1 Å². The van der Waals surface area contributed by atoms with Crippen molar-refractivity contribution in [3.05, 3.63) is 66.1 Å². The predicted molar refractivity (Wildman–Crippen MR) is 130 cm³/mol. The molecule has 0 aliphatic carbocycles. The van der Waals surface area contributed by atoms with Gasteiger partial charge in [0.25, 0.3) is 0 Å². The number of hydrogen-bond acceptors (Lipinski definition) is 5. The SMILES string of the molecule is CCC(C)C(NCc1ccccc1OC)c1nc(-c2ccccc2)c(N2CCCCC2)o1. The van der Waals surface area contributed by atoms with E-state index >= 15 is 0 Å². The molecule has 0 spiro atoms. The standard InChI is InChI=1S/C27H35N3O2/c1-4-20(2)24(28-19-22-15-9-10-16-23(22)31-3)26-29-25(21-13-7-5-8-14-21)27(32-26)30-17-11-6-12-18-30/h5,7-10,13-16,20,24,28H,4,6,11-12,17-19H2,1-3H3. The fourth-order valence-corrected chi connectivity index (χ4v) is 4.39. The molecule has 170 valence electrons. The van der Waals surface area contributed by atoms with Crippen molar-refractivity contribution in [3.8, 4) is 17.0 Å². The van der Waals surface area contributed by atoms with E-state index in [4.69, 9.17) is 14.1 Å². The lowest BCUT2D eigenvalue weighted by Gasteiger charge is -2.27. The second-order valence-corrected chi connectivity index (χ2v) is 8.68. The van der Waals surface area contributed by atoms with Crippen molar-refractivity contribution in [3.63, 3.8) is 0 Å². The zero-order valence-corrected chi connectivity index (χ0v) is 19.5. The van der Waals surface area contributed by atoms with E-state index < -0.39 is 0 Å². The van der Waals surface area contributed by atoms with Crippen LogP contribution in [-0.2, 0) is 6.54 Å². The van der Waals surface area contributed by atoms with Crippen molar-refractivity contribution in [1.82, 2.24) is 10.3 Å². The van der Waals surface area contributed by atoms with Gasteiger partial charge < -0.3 is 19.4 Å². The van der Waals surface area contributed by atoms with E-state index in [9.17, 15) is 0 Å². The van der Waals surface area contributed by atoms with E-state index in [2.05, 4.69) is 54.4 Å². The first-order valence-electron chi connectivity index (χ1n) is 11.9. The molecular formula is C27H35N3O2. The third kappa shape index (κ3) is 4.99. The maximum atomic E-state index is 6.56. The molecule has 1 aromatic heterocycles. The van der Waals surface area contributed by atoms with Gasteiger partial charge in [-0.3, -0.25) is 0 Å². The van der Waals surface area contributed by atoms with Crippen LogP contribution in [0.4, 0.5) is 5.88 Å². The minimum absolute atomic E-state index is 0.0194. The minimum Gasteiger partial charge on any atom is -0.496 e. The van der Waals surface area contributed by atoms with Crippen LogP contribution in [0.15, 0.2) is 59.0 Å². The van der Waals surface area contributed by atoms with Gasteiger partial charge >= 0.3 is 0 Å². The number of piperidine rings is 1. The molecule has 3 aromatic rings. The van der Waals surface area contributed by atoms with Gasteiger partial charge in [0.05, 0.1) is 13.2 Å². The van der Waals surface area contributed by atoms with Crippen LogP contribution in [0, 0.1) is 5.92 Å². The van der Waals surface area contributed by atoms with E-state index in [1.54, 1.807) is 7.11 Å². The number of rotatable bonds is 9. The number of oxazole rings is 1. The fraction of sp³-hybridized carbons (Fsp3) is 0.444. The van der Waals surface area contributed by atoms with Crippen LogP contribution < -0.4 is 15.0 Å². The second kappa shape index (κ2) is 10.7. The van der Waals surface area contributed by atoms with Crippen molar-refractivity contribution in [1.29, 1.82) is 0 Å². The molecule has 2 atom stereocenters. The summed E-state index contributed by atoms with van der Waals surface area (Å²) < 4.78 is 12.1. The summed E-state index contributed by atoms with van der Waals surface area (Å²) in [5, 5.41) is 3.72. The molecule has 0 bridgehead atoms. The molecule has 5 heteroatoms. The summed E-state index contributed by atoms with van der Waals surface area (Å²) in [4.78, 5) is 7.45. The van der Waals surface area contributed by atoms with E-state index in [0.29, 0.717) is 12.5 Å². The number of benzene rings is 2. The number of ether oxygens (including phenoxy) is 1. The average molecular weight is 434 g/mol. The highest BCUT2D eigenvalue weighted by molar-refractivity contribution is 5.71. The Morgan fingerprint density at radius 2 is 1.75 bits per heavy atom. The summed E-state index contributed by atoms with van der Waals surface area (Å²) in [7, 11) is 1.72. The summed E-state index contributed by atoms with van der Waals surface area (Å²) in [6, 6.07) is 18.6. The topological polar surface area (TPSA) is 50.5 Å². The van der Waals surface area contributed by atoms with Gasteiger partial charge in [-0.25, -0.2) is 4.98 Å². The number of nitrogens with one attached hydrogen (secondary N) is 1. The first kappa shape index (κ1) is 22.4. The Labute approximate surface area is 191 Å². The maximum Gasteiger partial charge on any atom is 0.224 e. The van der Waals surface area contributed by atoms with Gasteiger partial charge in [-0.05, 0) is 31.2 Å². The highest BCUT2D eigenvalue weighted by Gasteiger charge is 2.28. The zero-order valence-electron chi connectivity index (χ0n) is 19.5. The van der Waals surface area contributed by atoms with Crippen LogP contribution in [0.2, 0.25) is 0 Å². The van der Waals surface area contributed by atoms with Gasteiger partial charge in [-0.1, -0.05) is 68.8 Å². The lowest BCUT2D eigenvalue weighted by atomic mass is 9.98. The third-order valence-corrected chi connectivity index (χ3v) is 6.50. The first-order chi connectivity index (χ1) is 15.7. The summed E-state index contributed by atoms with van der Waals surface area (Å²) >= 11 is 0. The molecule has 1 aliphatic rings. The van der Waals surface area contributed by atoms with Gasteiger partial charge in [-0.15, -0.1) is 0 Å². The summed E-state index contributed by atoms with van der Waals surface area (Å²) in [5.74, 6) is 2.96. The van der Waals surface area contributed by atoms with Crippen molar-refractivity contribution in [2.24, 2.45) is 5.92 Å². The molecule has 5 nitrogen and oxygen atoms in total. The Bertz CT molecular complexity index is 980. The average Bonchev–Trinajstić information content (AvgIpc) is 3.30. The minimum atomic E-state index is 0.0194. The van der Waals surface area contributed by atoms with Gasteiger partial charge in [0.2, 0.25) is 11.8 Å². The maximum absolute atomic E-state index is 6.56. The number of para-hydroxylation sites is 1. The van der Waals surface area contributed by atoms with Crippen molar-refractivity contribution >= 4 is 5.88 Å². The molecule has 0 saturated carbocycles. The van der Waals surface area contributed by atoms with Gasteiger partial charge in [0.1, 0.15) is 11.4 Å². The molecule has 1 N–H and O–H groups in total. The van der Waals surface area contributed by atoms with Gasteiger partial charge in [-0.2, -0.15) is 0 Å². The van der Waals surface area contributed by atoms with Gasteiger partial charge in [0.15, 0.2) is 0 Å². The van der Waals surface area contributed by atoms with E-state index in [-0.39, 0.29) is 6.04 Å². The van der Waals surface area contributed by atoms with Crippen LogP contribution >= 0.6 is 0 Å². The second-order valence-electron chi connectivity index (χ2n) is 8.68.